The van der Waals surface area contributed by atoms with E-state index in [4.69, 9.17) is 59.2 Å². The Labute approximate surface area is 117 Å². The first-order valence-corrected chi connectivity index (χ1v) is 6.71. The number of halogens is 2. The van der Waals surface area contributed by atoms with Crippen LogP contribution in [0.1, 0.15) is 0 Å². The van der Waals surface area contributed by atoms with E-state index in [0.717, 1.165) is 0 Å². The molecular weight excluding hydrogens is 335 g/mol. The lowest BCUT2D eigenvalue weighted by molar-refractivity contribution is -1.92. The van der Waals surface area contributed by atoms with Gasteiger partial charge in [0.1, 0.15) is 0 Å². The van der Waals surface area contributed by atoms with Gasteiger partial charge in [0.2, 0.25) is 0 Å². The molecule has 0 saturated heterocycles. The highest BCUT2D eigenvalue weighted by molar-refractivity contribution is 4.24. The third-order valence-corrected chi connectivity index (χ3v) is 0.512. The zero-order valence-electron chi connectivity index (χ0n) is 9.98. The Hall–Kier alpha value is 0.0200. The van der Waals surface area contributed by atoms with Gasteiger partial charge in [-0.05, 0) is 0 Å². The van der Waals surface area contributed by atoms with Crippen LogP contribution in [-0.4, -0.2) is 45.8 Å². The quantitative estimate of drug-likeness (QED) is 0.172. The van der Waals surface area contributed by atoms with Gasteiger partial charge in [-0.2, -0.15) is 28.0 Å². The number of hydrogen-bond donors (Lipinski definition) is 8. The van der Waals surface area contributed by atoms with Crippen LogP contribution in [-0.2, 0) is 0 Å². The minimum atomic E-state index is -4.69. The molecule has 0 saturated carbocycles. The fourth-order valence-corrected chi connectivity index (χ4v) is 0.129. The summed E-state index contributed by atoms with van der Waals surface area (Å²) in [6, 6.07) is 0. The summed E-state index contributed by atoms with van der Waals surface area (Å²) in [5, 5.41) is 15.8. The molecule has 128 valence electrons. The van der Waals surface area contributed by atoms with Gasteiger partial charge < -0.3 is 10.2 Å². The van der Waals surface area contributed by atoms with Crippen molar-refractivity contribution in [3.8, 4) is 0 Å². The predicted molar refractivity (Wildman–Crippen MR) is 43.0 cm³/mol. The van der Waals surface area contributed by atoms with E-state index in [9.17, 15) is 0 Å². The first-order chi connectivity index (χ1) is 8.83. The molecule has 0 aromatic heterocycles. The topological polar surface area (TPSA) is 295 Å². The lowest BCUT2D eigenvalue weighted by Gasteiger charge is -2.03. The van der Waals surface area contributed by atoms with Crippen LogP contribution < -0.4 is 50.5 Å². The van der Waals surface area contributed by atoms with E-state index < -0.39 is 20.5 Å². The molecule has 0 rings (SSSR count). The van der Waals surface area contributed by atoms with Gasteiger partial charge in [0.15, 0.2) is 0 Å². The average molecular weight is 353 g/mol. The smallest absolute Gasteiger partial charge is 0.0777 e. The fraction of sp³-hybridized carbons (Fsp3) is 1.00. The zero-order chi connectivity index (χ0) is 17.2. The van der Waals surface area contributed by atoms with Crippen LogP contribution in [0.2, 0.25) is 0 Å². The number of hydrazine groups is 2. The minimum absolute atomic E-state index is 0.108. The first kappa shape index (κ1) is 28.2. The highest BCUT2D eigenvalue weighted by Gasteiger charge is 1.99. The summed E-state index contributed by atoms with van der Waals surface area (Å²) in [5.74, 6) is 9.46. The molecule has 20 heavy (non-hydrogen) atoms. The van der Waals surface area contributed by atoms with Crippen molar-refractivity contribution in [2.45, 2.75) is 0 Å². The summed E-state index contributed by atoms with van der Waals surface area (Å²) in [6.45, 7) is 1.16. The summed E-state index contributed by atoms with van der Waals surface area (Å²) in [7, 11) is -9.39. The highest BCUT2D eigenvalue weighted by atomic mass is 35.7. The largest absolute Gasteiger partial charge is 0.395 e. The first-order valence-electron chi connectivity index (χ1n) is 4.18. The molecule has 0 aliphatic heterocycles. The second-order valence-electron chi connectivity index (χ2n) is 2.15. The fourth-order valence-electron chi connectivity index (χ4n) is 0.129. The number of rotatable bonds is 4. The second kappa shape index (κ2) is 19.0. The average Bonchev–Trinajstić information content (AvgIpc) is 2.15. The van der Waals surface area contributed by atoms with Crippen LogP contribution in [0.3, 0.4) is 0 Å². The van der Waals surface area contributed by atoms with Crippen LogP contribution in [0, 0.1) is 20.5 Å². The Kier molecular flexibility index (Phi) is 26.8. The third-order valence-electron chi connectivity index (χ3n) is 0.512. The number of nitrogens with one attached hydrogen (secondary N) is 2. The SMILES string of the molecule is NNCCO.NNCCO.[O-][Cl+3]([O-])([O-])O.[O-][Cl+3]([O-])([O-])O. The van der Waals surface area contributed by atoms with E-state index in [1.54, 1.807) is 0 Å². The Bertz CT molecular complexity index is 132. The molecule has 0 spiro atoms. The van der Waals surface area contributed by atoms with Crippen LogP contribution >= 0.6 is 0 Å². The third kappa shape index (κ3) is 323. The molecule has 0 bridgehead atoms. The lowest BCUT2D eigenvalue weighted by Crippen LogP contribution is -2.58. The molecule has 0 radical (unpaired) electrons. The summed E-state index contributed by atoms with van der Waals surface area (Å²) in [6.07, 6.45) is 0. The summed E-state index contributed by atoms with van der Waals surface area (Å²) in [5.41, 5.74) is 4.53. The number of hydrogen-bond acceptors (Lipinski definition) is 14. The van der Waals surface area contributed by atoms with Gasteiger partial charge >= 0.3 is 0 Å². The normalized spacial score (nSPS) is 10.2. The molecule has 16 heteroatoms. The van der Waals surface area contributed by atoms with Crippen LogP contribution in [0.25, 0.3) is 0 Å². The van der Waals surface area contributed by atoms with Gasteiger partial charge in [0, 0.05) is 13.1 Å². The van der Waals surface area contributed by atoms with Crippen molar-refractivity contribution < 1.29 is 68.0 Å². The van der Waals surface area contributed by atoms with Crippen molar-refractivity contribution in [1.29, 1.82) is 0 Å². The molecule has 0 aliphatic rings. The molecule has 10 N–H and O–H groups in total. The second-order valence-corrected chi connectivity index (χ2v) is 3.73. The van der Waals surface area contributed by atoms with E-state index in [1.807, 2.05) is 0 Å². The Morgan fingerprint density at radius 1 is 0.700 bits per heavy atom. The van der Waals surface area contributed by atoms with Gasteiger partial charge in [-0.25, -0.2) is 0 Å². The zero-order valence-corrected chi connectivity index (χ0v) is 11.5. The highest BCUT2D eigenvalue weighted by Crippen LogP contribution is 1.61. The van der Waals surface area contributed by atoms with E-state index in [0.29, 0.717) is 13.1 Å². The molecule has 0 aromatic carbocycles. The Balaban J connectivity index is -0.0000000853. The van der Waals surface area contributed by atoms with Crippen LogP contribution in [0.4, 0.5) is 0 Å². The standard InChI is InChI=1S/2C2H8N2O.2ClHO4/c2*3-4-1-2-5;2*2-1(3,4)5/h2*4-5H,1-3H2;2*(H,2,3,4,5). The molecule has 0 atom stereocenters. The predicted octanol–water partition coefficient (Wildman–Crippen LogP) is -11.4. The summed E-state index contributed by atoms with van der Waals surface area (Å²) < 4.78 is 65.4. The number of aliphatic hydroxyl groups excluding tert-OH is 2. The maximum Gasteiger partial charge on any atom is 0.0777 e. The van der Waals surface area contributed by atoms with Crippen molar-refractivity contribution in [2.75, 3.05) is 26.3 Å². The molecular formula is C4H18Cl2N4O10. The molecule has 0 aromatic rings. The van der Waals surface area contributed by atoms with Crippen molar-refractivity contribution in [3.63, 3.8) is 0 Å². The molecule has 14 nitrogen and oxygen atoms in total. The van der Waals surface area contributed by atoms with Crippen molar-refractivity contribution >= 4 is 0 Å². The van der Waals surface area contributed by atoms with Crippen molar-refractivity contribution in [2.24, 2.45) is 11.7 Å². The van der Waals surface area contributed by atoms with Gasteiger partial charge in [-0.1, -0.05) is 0 Å². The van der Waals surface area contributed by atoms with E-state index in [2.05, 4.69) is 10.9 Å². The molecule has 0 unspecified atom stereocenters. The lowest BCUT2D eigenvalue weighted by atomic mass is 10.7. The number of aliphatic hydroxyl groups is 2. The van der Waals surface area contributed by atoms with E-state index in [1.165, 1.54) is 0 Å². The Morgan fingerprint density at radius 3 is 0.850 bits per heavy atom. The number of nitrogens with two attached hydrogens (primary N) is 2. The van der Waals surface area contributed by atoms with Crippen LogP contribution in [0.15, 0.2) is 0 Å². The summed E-state index contributed by atoms with van der Waals surface area (Å²) in [4.78, 5) is 0. The molecule has 0 fully saturated rings. The minimum Gasteiger partial charge on any atom is -0.395 e. The van der Waals surface area contributed by atoms with E-state index in [-0.39, 0.29) is 13.2 Å². The Morgan fingerprint density at radius 2 is 0.850 bits per heavy atom. The van der Waals surface area contributed by atoms with Crippen LogP contribution in [0.5, 0.6) is 0 Å². The summed E-state index contributed by atoms with van der Waals surface area (Å²) >= 11 is 0. The van der Waals surface area contributed by atoms with Crippen molar-refractivity contribution in [1.82, 2.24) is 10.9 Å². The van der Waals surface area contributed by atoms with E-state index >= 15 is 0 Å². The monoisotopic (exact) mass is 352 g/mol. The maximum absolute atomic E-state index is 8.60. The van der Waals surface area contributed by atoms with Gasteiger partial charge in [0.25, 0.3) is 0 Å². The van der Waals surface area contributed by atoms with Crippen molar-refractivity contribution in [3.05, 3.63) is 0 Å². The van der Waals surface area contributed by atoms with Gasteiger partial charge in [0.05, 0.1) is 43.0 Å². The molecule has 0 aliphatic carbocycles. The molecule has 0 amide bonds. The van der Waals surface area contributed by atoms with Gasteiger partial charge in [-0.15, -0.1) is 0 Å². The maximum atomic E-state index is 8.60. The molecule has 0 heterocycles. The van der Waals surface area contributed by atoms with Gasteiger partial charge in [-0.3, -0.25) is 22.5 Å².